The van der Waals surface area contributed by atoms with E-state index in [1.54, 1.807) is 0 Å². The lowest BCUT2D eigenvalue weighted by Gasteiger charge is -2.36. The van der Waals surface area contributed by atoms with Crippen molar-refractivity contribution in [3.63, 3.8) is 0 Å². The SMILES string of the molecule is CC1(C)c2ccccc2-c2cccc(N3c4ccc(-c5ccc6ccc7cccnc7c6n5)cc4Sc4cc(-c5ccc6ccc7cccnc7c6n5)ccc43)c21. The fourth-order valence-electron chi connectivity index (χ4n) is 9.16. The molecule has 0 fully saturated rings. The van der Waals surface area contributed by atoms with E-state index in [4.69, 9.17) is 19.9 Å². The molecule has 0 amide bonds. The molecule has 6 aromatic carbocycles. The van der Waals surface area contributed by atoms with Crippen molar-refractivity contribution in [1.82, 2.24) is 19.9 Å². The van der Waals surface area contributed by atoms with Crippen molar-refractivity contribution in [2.75, 3.05) is 4.90 Å². The molecule has 10 aromatic rings. The zero-order chi connectivity index (χ0) is 37.8. The van der Waals surface area contributed by atoms with Crippen molar-refractivity contribution in [1.29, 1.82) is 0 Å². The highest BCUT2D eigenvalue weighted by atomic mass is 32.2. The van der Waals surface area contributed by atoms with Gasteiger partial charge in [0.25, 0.3) is 0 Å². The predicted octanol–water partition coefficient (Wildman–Crippen LogP) is 13.5. The van der Waals surface area contributed by atoms with E-state index in [9.17, 15) is 0 Å². The van der Waals surface area contributed by atoms with Gasteiger partial charge in [-0.25, -0.2) is 9.97 Å². The van der Waals surface area contributed by atoms with E-state index < -0.39 is 0 Å². The average molecular weight is 748 g/mol. The van der Waals surface area contributed by atoms with Gasteiger partial charge in [-0.05, 0) is 76.9 Å². The van der Waals surface area contributed by atoms with E-state index in [-0.39, 0.29) is 5.41 Å². The van der Waals surface area contributed by atoms with Gasteiger partial charge in [0.05, 0.1) is 50.5 Å². The monoisotopic (exact) mass is 747 g/mol. The summed E-state index contributed by atoms with van der Waals surface area (Å²) < 4.78 is 0. The van der Waals surface area contributed by atoms with E-state index >= 15 is 0 Å². The van der Waals surface area contributed by atoms with Gasteiger partial charge in [0, 0.05) is 60.3 Å². The number of fused-ring (bicyclic) bond motifs is 11. The Kier molecular flexibility index (Phi) is 6.84. The molecular formula is C51H33N5S. The minimum Gasteiger partial charge on any atom is -0.308 e. The Labute approximate surface area is 333 Å². The Morgan fingerprint density at radius 2 is 0.982 bits per heavy atom. The van der Waals surface area contributed by atoms with Crippen LogP contribution in [0.1, 0.15) is 25.0 Å². The molecule has 268 valence electrons. The number of aromatic nitrogens is 4. The molecule has 12 rings (SSSR count). The molecule has 0 saturated heterocycles. The first kappa shape index (κ1) is 32.4. The first-order valence-electron chi connectivity index (χ1n) is 19.3. The third-order valence-electron chi connectivity index (χ3n) is 11.9. The highest BCUT2D eigenvalue weighted by molar-refractivity contribution is 7.99. The van der Waals surface area contributed by atoms with Crippen molar-refractivity contribution >= 4 is 72.4 Å². The van der Waals surface area contributed by atoms with Crippen LogP contribution in [-0.2, 0) is 5.41 Å². The summed E-state index contributed by atoms with van der Waals surface area (Å²) in [6.45, 7) is 4.73. The lowest BCUT2D eigenvalue weighted by atomic mass is 9.81. The third kappa shape index (κ3) is 4.84. The minimum atomic E-state index is -0.190. The van der Waals surface area contributed by atoms with Gasteiger partial charge < -0.3 is 4.90 Å². The topological polar surface area (TPSA) is 54.8 Å². The highest BCUT2D eigenvalue weighted by Gasteiger charge is 2.40. The molecule has 0 radical (unpaired) electrons. The molecule has 5 nitrogen and oxygen atoms in total. The second kappa shape index (κ2) is 12.1. The molecule has 0 atom stereocenters. The average Bonchev–Trinajstić information content (AvgIpc) is 3.50. The summed E-state index contributed by atoms with van der Waals surface area (Å²) in [7, 11) is 0. The van der Waals surface area contributed by atoms with Crippen molar-refractivity contribution in [2.24, 2.45) is 0 Å². The summed E-state index contributed by atoms with van der Waals surface area (Å²) in [5.74, 6) is 0. The number of hydrogen-bond acceptors (Lipinski definition) is 6. The first-order valence-corrected chi connectivity index (χ1v) is 20.1. The van der Waals surface area contributed by atoms with Crippen molar-refractivity contribution < 1.29 is 0 Å². The molecule has 0 spiro atoms. The van der Waals surface area contributed by atoms with Crippen LogP contribution < -0.4 is 4.90 Å². The molecule has 1 aliphatic carbocycles. The summed E-state index contributed by atoms with van der Waals surface area (Å²) in [5, 5.41) is 4.34. The van der Waals surface area contributed by atoms with Crippen LogP contribution in [0, 0.1) is 0 Å². The summed E-state index contributed by atoms with van der Waals surface area (Å²) >= 11 is 1.81. The number of benzene rings is 6. The van der Waals surface area contributed by atoms with E-state index in [1.807, 2.05) is 36.3 Å². The molecule has 6 heteroatoms. The Balaban J connectivity index is 1.05. The fraction of sp³-hybridized carbons (Fsp3) is 0.0588. The zero-order valence-corrected chi connectivity index (χ0v) is 32.0. The maximum atomic E-state index is 5.23. The summed E-state index contributed by atoms with van der Waals surface area (Å²) in [6, 6.07) is 54.5. The van der Waals surface area contributed by atoms with Gasteiger partial charge in [0.15, 0.2) is 0 Å². The van der Waals surface area contributed by atoms with Crippen LogP contribution in [0.15, 0.2) is 174 Å². The largest absolute Gasteiger partial charge is 0.308 e. The second-order valence-corrected chi connectivity index (χ2v) is 16.6. The van der Waals surface area contributed by atoms with Crippen LogP contribution in [0.25, 0.3) is 77.3 Å². The summed E-state index contributed by atoms with van der Waals surface area (Å²) in [4.78, 5) is 24.7. The molecular weight excluding hydrogens is 715 g/mol. The van der Waals surface area contributed by atoms with Crippen molar-refractivity contribution in [2.45, 2.75) is 29.1 Å². The van der Waals surface area contributed by atoms with Crippen LogP contribution >= 0.6 is 11.8 Å². The predicted molar refractivity (Wildman–Crippen MR) is 235 cm³/mol. The van der Waals surface area contributed by atoms with Gasteiger partial charge in [-0.15, -0.1) is 0 Å². The lowest BCUT2D eigenvalue weighted by Crippen LogP contribution is -2.22. The Bertz CT molecular complexity index is 3170. The number of hydrogen-bond donors (Lipinski definition) is 0. The first-order chi connectivity index (χ1) is 28.0. The molecule has 0 unspecified atom stereocenters. The minimum absolute atomic E-state index is 0.190. The Hall–Kier alpha value is -6.89. The lowest BCUT2D eigenvalue weighted by molar-refractivity contribution is 0.660. The Morgan fingerprint density at radius 1 is 0.456 bits per heavy atom. The molecule has 1 aliphatic heterocycles. The molecule has 0 saturated carbocycles. The van der Waals surface area contributed by atoms with Gasteiger partial charge in [-0.3, -0.25) is 9.97 Å². The highest BCUT2D eigenvalue weighted by Crippen LogP contribution is 2.58. The smallest absolute Gasteiger partial charge is 0.0972 e. The van der Waals surface area contributed by atoms with Crippen LogP contribution in [0.2, 0.25) is 0 Å². The molecule has 57 heavy (non-hydrogen) atoms. The maximum absolute atomic E-state index is 5.23. The van der Waals surface area contributed by atoms with Crippen LogP contribution in [0.5, 0.6) is 0 Å². The van der Waals surface area contributed by atoms with Crippen LogP contribution in [0.3, 0.4) is 0 Å². The molecule has 0 N–H and O–H groups in total. The van der Waals surface area contributed by atoms with Gasteiger partial charge >= 0.3 is 0 Å². The van der Waals surface area contributed by atoms with Gasteiger partial charge in [0.1, 0.15) is 0 Å². The maximum Gasteiger partial charge on any atom is 0.0972 e. The number of anilines is 3. The zero-order valence-electron chi connectivity index (χ0n) is 31.2. The van der Waals surface area contributed by atoms with E-state index in [0.29, 0.717) is 0 Å². The van der Waals surface area contributed by atoms with Gasteiger partial charge in [-0.1, -0.05) is 123 Å². The molecule has 2 aliphatic rings. The number of rotatable bonds is 3. The summed E-state index contributed by atoms with van der Waals surface area (Å²) in [6.07, 6.45) is 3.69. The quantitative estimate of drug-likeness (QED) is 0.168. The third-order valence-corrected chi connectivity index (χ3v) is 13.0. The van der Waals surface area contributed by atoms with Crippen LogP contribution in [0.4, 0.5) is 17.1 Å². The van der Waals surface area contributed by atoms with E-state index in [1.165, 1.54) is 37.7 Å². The number of nitrogens with zero attached hydrogens (tertiary/aromatic N) is 5. The second-order valence-electron chi connectivity index (χ2n) is 15.5. The van der Waals surface area contributed by atoms with Crippen LogP contribution in [-0.4, -0.2) is 19.9 Å². The standard InChI is InChI=1S/C51H33N5S/c1-51(2)38-12-4-3-10-36(38)37-11-5-13-43(46(37)51)56-41-24-20-34(39-22-18-32-16-14-30-8-6-26-52-47(30)49(32)54-39)28-44(41)57-45-29-35(21-25-42(45)56)40-23-19-33-17-15-31-9-7-27-53-48(31)50(33)55-40/h3-29H,1-2H3. The normalized spacial score (nSPS) is 13.8. The van der Waals surface area contributed by atoms with Gasteiger partial charge in [0.2, 0.25) is 0 Å². The molecule has 5 heterocycles. The fourth-order valence-corrected chi connectivity index (χ4v) is 10.3. The van der Waals surface area contributed by atoms with Crippen molar-refractivity contribution in [3.8, 4) is 33.6 Å². The van der Waals surface area contributed by atoms with E-state index in [2.05, 4.69) is 158 Å². The number of pyridine rings is 4. The molecule has 0 bridgehead atoms. The summed E-state index contributed by atoms with van der Waals surface area (Å²) in [5.41, 5.74) is 16.3. The molecule has 4 aromatic heterocycles. The van der Waals surface area contributed by atoms with E-state index in [0.717, 1.165) is 77.5 Å². The van der Waals surface area contributed by atoms with Gasteiger partial charge in [-0.2, -0.15) is 0 Å². The Morgan fingerprint density at radius 3 is 1.58 bits per heavy atom. The van der Waals surface area contributed by atoms with Crippen molar-refractivity contribution in [3.05, 3.63) is 175 Å².